The number of hydrogen-bond acceptors (Lipinski definition) is 4. The first-order valence-electron chi connectivity index (χ1n) is 9.50. The third kappa shape index (κ3) is 4.98. The predicted octanol–water partition coefficient (Wildman–Crippen LogP) is 2.82. The topological polar surface area (TPSA) is 87.3 Å². The zero-order chi connectivity index (χ0) is 20.1. The van der Waals surface area contributed by atoms with Crippen LogP contribution >= 0.6 is 11.3 Å². The van der Waals surface area contributed by atoms with E-state index in [4.69, 9.17) is 0 Å². The average Bonchev–Trinajstić information content (AvgIpc) is 2.97. The predicted molar refractivity (Wildman–Crippen MR) is 109 cm³/mol. The molecule has 1 heterocycles. The van der Waals surface area contributed by atoms with Crippen LogP contribution in [0.25, 0.3) is 0 Å². The maximum Gasteiger partial charge on any atom is 0.279 e. The highest BCUT2D eigenvalue weighted by Crippen LogP contribution is 2.28. The molecule has 3 N–H and O–H groups in total. The van der Waals surface area contributed by atoms with Gasteiger partial charge in [0.25, 0.3) is 17.7 Å². The van der Waals surface area contributed by atoms with Crippen LogP contribution in [0.1, 0.15) is 60.9 Å². The Morgan fingerprint density at radius 3 is 2.50 bits per heavy atom. The van der Waals surface area contributed by atoms with Crippen LogP contribution in [-0.2, 0) is 17.6 Å². The van der Waals surface area contributed by atoms with E-state index in [9.17, 15) is 14.4 Å². The first-order valence-corrected chi connectivity index (χ1v) is 10.3. The van der Waals surface area contributed by atoms with E-state index >= 15 is 0 Å². The molecule has 0 unspecified atom stereocenters. The second-order valence-electron chi connectivity index (χ2n) is 7.10. The van der Waals surface area contributed by atoms with E-state index in [0.717, 1.165) is 36.8 Å². The summed E-state index contributed by atoms with van der Waals surface area (Å²) in [5.74, 6) is -1.14. The molecular weight excluding hydrogens is 374 g/mol. The molecule has 0 fully saturated rings. The van der Waals surface area contributed by atoms with Crippen LogP contribution in [-0.4, -0.2) is 24.3 Å². The molecule has 3 rings (SSSR count). The maximum absolute atomic E-state index is 12.3. The molecule has 0 radical (unpaired) electrons. The number of benzene rings is 1. The lowest BCUT2D eigenvalue weighted by Gasteiger charge is -2.09. The van der Waals surface area contributed by atoms with Crippen LogP contribution < -0.4 is 16.2 Å². The summed E-state index contributed by atoms with van der Waals surface area (Å²) in [6.07, 6.45) is 5.57. The summed E-state index contributed by atoms with van der Waals surface area (Å²) in [5, 5.41) is 2.56. The highest BCUT2D eigenvalue weighted by atomic mass is 32.1. The number of hydrazine groups is 1. The van der Waals surface area contributed by atoms with Crippen molar-refractivity contribution in [1.82, 2.24) is 16.2 Å². The Balaban J connectivity index is 1.46. The smallest absolute Gasteiger partial charge is 0.279 e. The Labute approximate surface area is 168 Å². The van der Waals surface area contributed by atoms with Gasteiger partial charge in [-0.15, -0.1) is 11.3 Å². The van der Waals surface area contributed by atoms with Gasteiger partial charge in [0.2, 0.25) is 0 Å². The number of thiophene rings is 1. The van der Waals surface area contributed by atoms with Gasteiger partial charge in [-0.1, -0.05) is 12.5 Å². The minimum atomic E-state index is -0.483. The van der Waals surface area contributed by atoms with Gasteiger partial charge in [0.05, 0.1) is 11.4 Å². The quantitative estimate of drug-likeness (QED) is 0.546. The van der Waals surface area contributed by atoms with E-state index in [1.165, 1.54) is 28.2 Å². The second kappa shape index (κ2) is 9.01. The number of aryl methyl sites for hydroxylation is 4. The summed E-state index contributed by atoms with van der Waals surface area (Å²) in [4.78, 5) is 38.2. The zero-order valence-corrected chi connectivity index (χ0v) is 17.0. The highest BCUT2D eigenvalue weighted by molar-refractivity contribution is 7.14. The fourth-order valence-corrected chi connectivity index (χ4v) is 4.31. The molecule has 0 saturated heterocycles. The van der Waals surface area contributed by atoms with Crippen LogP contribution in [0, 0.1) is 13.8 Å². The lowest BCUT2D eigenvalue weighted by Crippen LogP contribution is -2.46. The molecule has 28 heavy (non-hydrogen) atoms. The molecule has 2 aromatic rings. The highest BCUT2D eigenvalue weighted by Gasteiger charge is 2.17. The van der Waals surface area contributed by atoms with Crippen molar-refractivity contribution in [3.8, 4) is 0 Å². The first kappa shape index (κ1) is 20.1. The van der Waals surface area contributed by atoms with E-state index in [2.05, 4.69) is 16.2 Å². The van der Waals surface area contributed by atoms with Gasteiger partial charge in [-0.25, -0.2) is 0 Å². The number of carbonyl (C=O) groups is 3. The van der Waals surface area contributed by atoms with Gasteiger partial charge in [-0.05, 0) is 74.4 Å². The Kier molecular flexibility index (Phi) is 6.46. The number of carbonyl (C=O) groups excluding carboxylic acids is 3. The summed E-state index contributed by atoms with van der Waals surface area (Å²) in [7, 11) is 0. The van der Waals surface area contributed by atoms with E-state index in [1.807, 2.05) is 26.0 Å². The standard InChI is InChI=1S/C21H25N3O3S/c1-13-8-9-16(10-14(13)2)20(26)22-12-19(25)23-24-21(27)18-11-15-6-4-3-5-7-17(15)28-18/h8-11H,3-7,12H2,1-2H3,(H,22,26)(H,23,25)(H,24,27). The van der Waals surface area contributed by atoms with Gasteiger partial charge < -0.3 is 5.32 Å². The molecule has 0 atom stereocenters. The molecule has 0 saturated carbocycles. The van der Waals surface area contributed by atoms with Gasteiger partial charge >= 0.3 is 0 Å². The van der Waals surface area contributed by atoms with E-state index in [0.29, 0.717) is 10.4 Å². The normalized spacial score (nSPS) is 13.2. The number of amides is 3. The van der Waals surface area contributed by atoms with Gasteiger partial charge in [-0.3, -0.25) is 25.2 Å². The molecule has 1 aliphatic carbocycles. The van der Waals surface area contributed by atoms with Crippen molar-refractivity contribution in [3.05, 3.63) is 56.3 Å². The number of fused-ring (bicyclic) bond motifs is 1. The average molecular weight is 400 g/mol. The van der Waals surface area contributed by atoms with E-state index < -0.39 is 5.91 Å². The Bertz CT molecular complexity index is 881. The van der Waals surface area contributed by atoms with Crippen molar-refractivity contribution in [3.63, 3.8) is 0 Å². The molecule has 0 spiro atoms. The van der Waals surface area contributed by atoms with Crippen molar-refractivity contribution >= 4 is 29.1 Å². The van der Waals surface area contributed by atoms with Gasteiger partial charge in [-0.2, -0.15) is 0 Å². The van der Waals surface area contributed by atoms with E-state index in [1.54, 1.807) is 12.1 Å². The second-order valence-corrected chi connectivity index (χ2v) is 8.24. The van der Waals surface area contributed by atoms with Crippen molar-refractivity contribution in [1.29, 1.82) is 0 Å². The van der Waals surface area contributed by atoms with Crippen LogP contribution in [0.5, 0.6) is 0 Å². The molecule has 6 nitrogen and oxygen atoms in total. The van der Waals surface area contributed by atoms with Gasteiger partial charge in [0.1, 0.15) is 0 Å². The van der Waals surface area contributed by atoms with Gasteiger partial charge in [0, 0.05) is 10.4 Å². The molecule has 1 aromatic carbocycles. The third-order valence-corrected chi connectivity index (χ3v) is 6.20. The molecule has 1 aliphatic rings. The first-order chi connectivity index (χ1) is 13.4. The molecule has 148 valence electrons. The Morgan fingerprint density at radius 1 is 0.929 bits per heavy atom. The van der Waals surface area contributed by atoms with Crippen molar-refractivity contribution in [2.75, 3.05) is 6.54 Å². The van der Waals surface area contributed by atoms with Crippen LogP contribution in [0.2, 0.25) is 0 Å². The van der Waals surface area contributed by atoms with E-state index in [-0.39, 0.29) is 18.4 Å². The van der Waals surface area contributed by atoms with Crippen molar-refractivity contribution in [2.24, 2.45) is 0 Å². The van der Waals surface area contributed by atoms with Crippen molar-refractivity contribution < 1.29 is 14.4 Å². The fraction of sp³-hybridized carbons (Fsp3) is 0.381. The zero-order valence-electron chi connectivity index (χ0n) is 16.2. The minimum Gasteiger partial charge on any atom is -0.343 e. The maximum atomic E-state index is 12.3. The summed E-state index contributed by atoms with van der Waals surface area (Å²) < 4.78 is 0. The summed E-state index contributed by atoms with van der Waals surface area (Å²) in [6, 6.07) is 7.30. The molecule has 7 heteroatoms. The number of hydrogen-bond donors (Lipinski definition) is 3. The summed E-state index contributed by atoms with van der Waals surface area (Å²) >= 11 is 1.49. The molecule has 3 amide bonds. The third-order valence-electron chi connectivity index (χ3n) is 4.96. The lowest BCUT2D eigenvalue weighted by molar-refractivity contribution is -0.120. The Hall–Kier alpha value is -2.67. The molecule has 0 bridgehead atoms. The molecule has 0 aliphatic heterocycles. The van der Waals surface area contributed by atoms with Gasteiger partial charge in [0.15, 0.2) is 0 Å². The molecule has 1 aromatic heterocycles. The summed E-state index contributed by atoms with van der Waals surface area (Å²) in [5.41, 5.74) is 8.64. The number of rotatable bonds is 4. The van der Waals surface area contributed by atoms with Crippen LogP contribution in [0.15, 0.2) is 24.3 Å². The largest absolute Gasteiger partial charge is 0.343 e. The summed E-state index contributed by atoms with van der Waals surface area (Å²) in [6.45, 7) is 3.68. The monoisotopic (exact) mass is 399 g/mol. The fourth-order valence-electron chi connectivity index (χ4n) is 3.16. The van der Waals surface area contributed by atoms with Crippen molar-refractivity contribution in [2.45, 2.75) is 46.0 Å². The SMILES string of the molecule is Cc1ccc(C(=O)NCC(=O)NNC(=O)c2cc3c(s2)CCCCC3)cc1C. The van der Waals surface area contributed by atoms with Crippen LogP contribution in [0.3, 0.4) is 0 Å². The number of nitrogens with one attached hydrogen (secondary N) is 3. The Morgan fingerprint density at radius 2 is 1.71 bits per heavy atom. The molecular formula is C21H25N3O3S. The lowest BCUT2D eigenvalue weighted by atomic mass is 10.1. The minimum absolute atomic E-state index is 0.215. The van der Waals surface area contributed by atoms with Crippen LogP contribution in [0.4, 0.5) is 0 Å².